The molecule has 0 aliphatic heterocycles. The first kappa shape index (κ1) is 21.9. The number of nitrogens with one attached hydrogen (secondary N) is 3. The van der Waals surface area contributed by atoms with Gasteiger partial charge in [0.1, 0.15) is 29.2 Å². The summed E-state index contributed by atoms with van der Waals surface area (Å²) in [5.74, 6) is 4.28. The number of hydrogen-bond donors (Lipinski definition) is 3. The molecule has 1 atom stereocenters. The summed E-state index contributed by atoms with van der Waals surface area (Å²) in [5, 5.41) is 13.7. The summed E-state index contributed by atoms with van der Waals surface area (Å²) in [4.78, 5) is 8.76. The van der Waals surface area contributed by atoms with E-state index < -0.39 is 0 Å². The van der Waals surface area contributed by atoms with Gasteiger partial charge >= 0.3 is 0 Å². The molecular formula is C22H28N6O3. The minimum atomic E-state index is -0.0717. The number of aromatic nitrogens is 3. The molecule has 2 aromatic carbocycles. The Hall–Kier alpha value is -3.75. The van der Waals surface area contributed by atoms with Crippen LogP contribution in [0.15, 0.2) is 53.5 Å². The normalized spacial score (nSPS) is 12.2. The van der Waals surface area contributed by atoms with Crippen molar-refractivity contribution in [2.24, 2.45) is 4.99 Å². The fraction of sp³-hybridized carbons (Fsp3) is 0.318. The number of rotatable bonds is 9. The fourth-order valence-corrected chi connectivity index (χ4v) is 2.82. The lowest BCUT2D eigenvalue weighted by Gasteiger charge is -2.17. The minimum Gasteiger partial charge on any atom is -0.497 e. The highest BCUT2D eigenvalue weighted by atomic mass is 16.5. The molecule has 9 nitrogen and oxygen atoms in total. The van der Waals surface area contributed by atoms with Gasteiger partial charge in [0.15, 0.2) is 11.8 Å². The highest BCUT2D eigenvalue weighted by Crippen LogP contribution is 2.20. The molecule has 9 heteroatoms. The van der Waals surface area contributed by atoms with E-state index in [9.17, 15) is 0 Å². The largest absolute Gasteiger partial charge is 0.497 e. The van der Waals surface area contributed by atoms with E-state index in [-0.39, 0.29) is 6.10 Å². The summed E-state index contributed by atoms with van der Waals surface area (Å²) >= 11 is 0. The fourth-order valence-electron chi connectivity index (χ4n) is 2.82. The number of methoxy groups -OCH3 is 2. The Morgan fingerprint density at radius 2 is 1.77 bits per heavy atom. The minimum absolute atomic E-state index is 0.0717. The molecule has 0 saturated heterocycles. The zero-order valence-corrected chi connectivity index (χ0v) is 18.2. The molecular weight excluding hydrogens is 396 g/mol. The lowest BCUT2D eigenvalue weighted by molar-refractivity contribution is 0.223. The maximum absolute atomic E-state index is 5.92. The van der Waals surface area contributed by atoms with Crippen molar-refractivity contribution >= 4 is 5.96 Å². The predicted molar refractivity (Wildman–Crippen MR) is 120 cm³/mol. The molecule has 0 aliphatic carbocycles. The Bertz CT molecular complexity index is 987. The van der Waals surface area contributed by atoms with Gasteiger partial charge in [-0.05, 0) is 43.3 Å². The topological polar surface area (TPSA) is 106 Å². The number of aromatic amines is 1. The zero-order valence-electron chi connectivity index (χ0n) is 18.2. The summed E-state index contributed by atoms with van der Waals surface area (Å²) in [5.41, 5.74) is 0.911. The van der Waals surface area contributed by atoms with Gasteiger partial charge in [-0.1, -0.05) is 6.07 Å². The molecule has 0 bridgehead atoms. The molecule has 1 unspecified atom stereocenters. The summed E-state index contributed by atoms with van der Waals surface area (Å²) < 4.78 is 16.3. The molecule has 3 aromatic rings. The molecule has 0 radical (unpaired) electrons. The van der Waals surface area contributed by atoms with Crippen LogP contribution in [0.2, 0.25) is 0 Å². The Balaban J connectivity index is 1.47. The van der Waals surface area contributed by atoms with Gasteiger partial charge in [0, 0.05) is 18.7 Å². The van der Waals surface area contributed by atoms with E-state index in [0.29, 0.717) is 30.7 Å². The number of H-pyrrole nitrogens is 1. The molecule has 0 saturated carbocycles. The third-order valence-electron chi connectivity index (χ3n) is 4.46. The summed E-state index contributed by atoms with van der Waals surface area (Å²) in [6, 6.07) is 15.1. The molecule has 1 aromatic heterocycles. The van der Waals surface area contributed by atoms with E-state index in [4.69, 9.17) is 14.2 Å². The zero-order chi connectivity index (χ0) is 22.1. The molecule has 31 heavy (non-hydrogen) atoms. The van der Waals surface area contributed by atoms with Crippen molar-refractivity contribution in [3.05, 3.63) is 54.4 Å². The first-order chi connectivity index (χ1) is 15.1. The van der Waals surface area contributed by atoms with E-state index in [1.54, 1.807) is 21.3 Å². The molecule has 1 heterocycles. The maximum atomic E-state index is 5.92. The molecule has 0 spiro atoms. The molecule has 0 amide bonds. The van der Waals surface area contributed by atoms with Crippen molar-refractivity contribution in [2.45, 2.75) is 19.6 Å². The van der Waals surface area contributed by atoms with E-state index in [1.165, 1.54) is 0 Å². The van der Waals surface area contributed by atoms with Crippen molar-refractivity contribution in [2.75, 3.05) is 27.8 Å². The summed E-state index contributed by atoms with van der Waals surface area (Å²) in [6.07, 6.45) is -0.0717. The summed E-state index contributed by atoms with van der Waals surface area (Å²) in [6.45, 7) is 3.01. The molecule has 164 valence electrons. The van der Waals surface area contributed by atoms with Gasteiger partial charge in [0.2, 0.25) is 0 Å². The van der Waals surface area contributed by atoms with Crippen LogP contribution in [0.5, 0.6) is 17.2 Å². The number of guanidine groups is 1. The lowest BCUT2D eigenvalue weighted by atomic mass is 10.2. The van der Waals surface area contributed by atoms with Crippen LogP contribution in [-0.2, 0) is 6.54 Å². The number of benzene rings is 2. The van der Waals surface area contributed by atoms with Crippen molar-refractivity contribution in [3.63, 3.8) is 0 Å². The van der Waals surface area contributed by atoms with Gasteiger partial charge < -0.3 is 24.8 Å². The SMILES string of the molecule is CN=C(NCc1nc(-c2ccc(OC)cc2)n[nH]1)NCC(C)Oc1cccc(OC)c1. The highest BCUT2D eigenvalue weighted by molar-refractivity contribution is 5.79. The van der Waals surface area contributed by atoms with Crippen LogP contribution in [0, 0.1) is 0 Å². The van der Waals surface area contributed by atoms with Gasteiger partial charge in [-0.3, -0.25) is 10.1 Å². The average Bonchev–Trinajstić information content (AvgIpc) is 3.28. The van der Waals surface area contributed by atoms with Crippen LogP contribution >= 0.6 is 0 Å². The second-order valence-corrected chi connectivity index (χ2v) is 6.75. The lowest BCUT2D eigenvalue weighted by Crippen LogP contribution is -2.41. The van der Waals surface area contributed by atoms with Crippen molar-refractivity contribution in [1.82, 2.24) is 25.8 Å². The van der Waals surface area contributed by atoms with Gasteiger partial charge in [-0.25, -0.2) is 4.98 Å². The first-order valence-corrected chi connectivity index (χ1v) is 9.92. The molecule has 0 fully saturated rings. The average molecular weight is 425 g/mol. The smallest absolute Gasteiger partial charge is 0.191 e. The number of hydrogen-bond acceptors (Lipinski definition) is 6. The van der Waals surface area contributed by atoms with E-state index in [2.05, 4.69) is 30.8 Å². The second kappa shape index (κ2) is 10.9. The first-order valence-electron chi connectivity index (χ1n) is 9.92. The predicted octanol–water partition coefficient (Wildman–Crippen LogP) is 2.62. The van der Waals surface area contributed by atoms with Gasteiger partial charge in [-0.15, -0.1) is 0 Å². The Morgan fingerprint density at radius 1 is 1.03 bits per heavy atom. The Kier molecular flexibility index (Phi) is 7.69. The van der Waals surface area contributed by atoms with Crippen LogP contribution in [0.25, 0.3) is 11.4 Å². The number of nitrogens with zero attached hydrogens (tertiary/aromatic N) is 3. The quantitative estimate of drug-likeness (QED) is 0.358. The third kappa shape index (κ3) is 6.36. The van der Waals surface area contributed by atoms with Crippen molar-refractivity contribution in [1.29, 1.82) is 0 Å². The third-order valence-corrected chi connectivity index (χ3v) is 4.46. The van der Waals surface area contributed by atoms with Crippen LogP contribution in [0.1, 0.15) is 12.7 Å². The van der Waals surface area contributed by atoms with Crippen molar-refractivity contribution < 1.29 is 14.2 Å². The Morgan fingerprint density at radius 3 is 2.48 bits per heavy atom. The van der Waals surface area contributed by atoms with E-state index >= 15 is 0 Å². The van der Waals surface area contributed by atoms with Gasteiger partial charge in [0.05, 0.1) is 27.3 Å². The monoisotopic (exact) mass is 424 g/mol. The second-order valence-electron chi connectivity index (χ2n) is 6.75. The highest BCUT2D eigenvalue weighted by Gasteiger charge is 2.09. The molecule has 3 rings (SSSR count). The van der Waals surface area contributed by atoms with Crippen LogP contribution < -0.4 is 24.8 Å². The number of aliphatic imine (C=N–C) groups is 1. The van der Waals surface area contributed by atoms with E-state index in [0.717, 1.165) is 22.8 Å². The maximum Gasteiger partial charge on any atom is 0.191 e. The van der Waals surface area contributed by atoms with Crippen LogP contribution in [0.3, 0.4) is 0 Å². The summed E-state index contributed by atoms with van der Waals surface area (Å²) in [7, 11) is 4.98. The van der Waals surface area contributed by atoms with Crippen LogP contribution in [-0.4, -0.2) is 55.1 Å². The Labute approximate surface area is 181 Å². The molecule has 0 aliphatic rings. The van der Waals surface area contributed by atoms with Gasteiger partial charge in [-0.2, -0.15) is 5.10 Å². The standard InChI is InChI=1S/C22H28N6O3/c1-15(31-19-7-5-6-18(12-19)30-4)13-24-22(23-2)25-14-20-26-21(28-27-20)16-8-10-17(29-3)11-9-16/h5-12,15H,13-14H2,1-4H3,(H2,23,24,25)(H,26,27,28). The number of ether oxygens (including phenoxy) is 3. The van der Waals surface area contributed by atoms with Crippen LogP contribution in [0.4, 0.5) is 0 Å². The molecule has 3 N–H and O–H groups in total. The van der Waals surface area contributed by atoms with Crippen molar-refractivity contribution in [3.8, 4) is 28.6 Å². The van der Waals surface area contributed by atoms with E-state index in [1.807, 2.05) is 55.5 Å². The van der Waals surface area contributed by atoms with Gasteiger partial charge in [0.25, 0.3) is 0 Å².